The number of ether oxygens (including phenoxy) is 3. The van der Waals surface area contributed by atoms with Crippen molar-refractivity contribution < 1.29 is 27.4 Å². The van der Waals surface area contributed by atoms with Crippen molar-refractivity contribution in [3.05, 3.63) is 60.7 Å². The fraction of sp³-hybridized carbons (Fsp3) is 0.433. The molecule has 0 N–H and O–H groups in total. The topological polar surface area (TPSA) is 114 Å². The summed E-state index contributed by atoms with van der Waals surface area (Å²) in [7, 11) is -0.774. The van der Waals surface area contributed by atoms with Gasteiger partial charge in [-0.3, -0.25) is 4.79 Å². The molecule has 1 unspecified atom stereocenters. The number of hydrogen-bond acceptors (Lipinski definition) is 9. The molecule has 0 spiro atoms. The summed E-state index contributed by atoms with van der Waals surface area (Å²) in [6.45, 7) is 2.74. The zero-order chi connectivity index (χ0) is 29.5. The van der Waals surface area contributed by atoms with Gasteiger partial charge < -0.3 is 24.0 Å². The van der Waals surface area contributed by atoms with Crippen molar-refractivity contribution in [2.45, 2.75) is 30.3 Å². The largest absolute Gasteiger partial charge is 0.497 e. The van der Waals surface area contributed by atoms with Crippen LogP contribution in [0.3, 0.4) is 0 Å². The zero-order valence-electron chi connectivity index (χ0n) is 24.0. The Balaban J connectivity index is 1.25. The minimum atomic E-state index is -3.93. The third-order valence-electron chi connectivity index (χ3n) is 7.63. The minimum absolute atomic E-state index is 0.118. The lowest BCUT2D eigenvalue weighted by Gasteiger charge is -2.28. The monoisotopic (exact) mass is 595 g/mol. The van der Waals surface area contributed by atoms with Gasteiger partial charge in [0, 0.05) is 44.9 Å². The van der Waals surface area contributed by atoms with E-state index in [0.717, 1.165) is 42.1 Å². The van der Waals surface area contributed by atoms with Crippen LogP contribution in [-0.2, 0) is 19.6 Å². The SMILES string of the molecule is COc1ccc(S(=O)(=O)N(CC(=O)N2CCCN(c3ccc(-c4cccc(OC)c4)nn3)CC2)CC2CCCO2)cc1. The highest BCUT2D eigenvalue weighted by molar-refractivity contribution is 7.89. The van der Waals surface area contributed by atoms with E-state index < -0.39 is 10.0 Å². The molecule has 3 heterocycles. The molecule has 0 aliphatic carbocycles. The van der Waals surface area contributed by atoms with Gasteiger partial charge in [-0.1, -0.05) is 12.1 Å². The van der Waals surface area contributed by atoms with Crippen molar-refractivity contribution >= 4 is 21.7 Å². The van der Waals surface area contributed by atoms with Gasteiger partial charge in [-0.05, 0) is 67.8 Å². The number of methoxy groups -OCH3 is 2. The van der Waals surface area contributed by atoms with E-state index in [9.17, 15) is 13.2 Å². The van der Waals surface area contributed by atoms with Gasteiger partial charge in [-0.15, -0.1) is 10.2 Å². The third-order valence-corrected chi connectivity index (χ3v) is 9.45. The van der Waals surface area contributed by atoms with Gasteiger partial charge in [0.15, 0.2) is 5.82 Å². The highest BCUT2D eigenvalue weighted by atomic mass is 32.2. The first-order chi connectivity index (χ1) is 20.4. The highest BCUT2D eigenvalue weighted by Crippen LogP contribution is 2.25. The second-order valence-corrected chi connectivity index (χ2v) is 12.3. The average Bonchev–Trinajstić information content (AvgIpc) is 3.42. The van der Waals surface area contributed by atoms with Crippen molar-refractivity contribution in [3.8, 4) is 22.8 Å². The van der Waals surface area contributed by atoms with E-state index in [1.165, 1.54) is 23.5 Å². The maximum absolute atomic E-state index is 13.6. The fourth-order valence-corrected chi connectivity index (χ4v) is 6.66. The smallest absolute Gasteiger partial charge is 0.243 e. The maximum Gasteiger partial charge on any atom is 0.243 e. The molecule has 2 saturated heterocycles. The predicted molar refractivity (Wildman–Crippen MR) is 158 cm³/mol. The first kappa shape index (κ1) is 29.7. The van der Waals surface area contributed by atoms with Crippen molar-refractivity contribution in [3.63, 3.8) is 0 Å². The molecule has 11 nitrogen and oxygen atoms in total. The van der Waals surface area contributed by atoms with E-state index in [2.05, 4.69) is 15.1 Å². The quantitative estimate of drug-likeness (QED) is 0.349. The summed E-state index contributed by atoms with van der Waals surface area (Å²) in [6.07, 6.45) is 2.13. The third kappa shape index (κ3) is 7.00. The van der Waals surface area contributed by atoms with Crippen molar-refractivity contribution in [1.82, 2.24) is 19.4 Å². The van der Waals surface area contributed by atoms with Crippen LogP contribution in [0.25, 0.3) is 11.3 Å². The number of hydrogen-bond donors (Lipinski definition) is 0. The van der Waals surface area contributed by atoms with Crippen molar-refractivity contribution in [1.29, 1.82) is 0 Å². The Hall–Kier alpha value is -3.74. The van der Waals surface area contributed by atoms with Crippen LogP contribution in [0, 0.1) is 0 Å². The first-order valence-electron chi connectivity index (χ1n) is 14.1. The number of carbonyl (C=O) groups excluding carboxylic acids is 1. The summed E-state index contributed by atoms with van der Waals surface area (Å²) < 4.78 is 44.8. The normalized spacial score (nSPS) is 17.7. The van der Waals surface area contributed by atoms with Crippen LogP contribution in [0.1, 0.15) is 19.3 Å². The molecule has 12 heteroatoms. The molecule has 2 aliphatic rings. The second kappa shape index (κ2) is 13.5. The molecule has 5 rings (SSSR count). The molecular weight excluding hydrogens is 558 g/mol. The first-order valence-corrected chi connectivity index (χ1v) is 15.6. The van der Waals surface area contributed by atoms with Gasteiger partial charge in [-0.25, -0.2) is 8.42 Å². The van der Waals surface area contributed by atoms with E-state index in [1.807, 2.05) is 36.4 Å². The molecule has 0 bridgehead atoms. The molecular formula is C30H37N5O6S. The fourth-order valence-electron chi connectivity index (χ4n) is 5.24. The summed E-state index contributed by atoms with van der Waals surface area (Å²) in [4.78, 5) is 17.5. The van der Waals surface area contributed by atoms with E-state index in [-0.39, 0.29) is 30.0 Å². The second-order valence-electron chi connectivity index (χ2n) is 10.3. The van der Waals surface area contributed by atoms with E-state index >= 15 is 0 Å². The standard InChI is InChI=1S/C30H37N5O6S/c1-39-24-9-11-27(12-10-24)42(37,38)35(21-26-8-4-19-41-26)22-30(36)34-16-5-15-33(17-18-34)29-14-13-28(31-32-29)23-6-3-7-25(20-23)40-2/h3,6-7,9-14,20,26H,4-5,8,15-19,21-22H2,1-2H3. The van der Waals surface area contributed by atoms with Crippen LogP contribution in [0.5, 0.6) is 11.5 Å². The van der Waals surface area contributed by atoms with E-state index in [4.69, 9.17) is 14.2 Å². The summed E-state index contributed by atoms with van der Waals surface area (Å²) in [5.74, 6) is 1.82. The molecule has 2 aliphatic heterocycles. The van der Waals surface area contributed by atoms with E-state index in [1.54, 1.807) is 24.1 Å². The molecule has 1 amide bonds. The Labute approximate surface area is 247 Å². The Morgan fingerprint density at radius 3 is 2.45 bits per heavy atom. The lowest BCUT2D eigenvalue weighted by Crippen LogP contribution is -2.46. The van der Waals surface area contributed by atoms with Crippen LogP contribution < -0.4 is 14.4 Å². The number of anilines is 1. The Morgan fingerprint density at radius 1 is 0.952 bits per heavy atom. The van der Waals surface area contributed by atoms with Crippen LogP contribution in [0.2, 0.25) is 0 Å². The van der Waals surface area contributed by atoms with Gasteiger partial charge in [0.2, 0.25) is 15.9 Å². The molecule has 1 aromatic heterocycles. The number of sulfonamides is 1. The lowest BCUT2D eigenvalue weighted by atomic mass is 10.1. The number of aromatic nitrogens is 2. The Kier molecular flexibility index (Phi) is 9.55. The molecule has 42 heavy (non-hydrogen) atoms. The number of nitrogens with zero attached hydrogens (tertiary/aromatic N) is 5. The van der Waals surface area contributed by atoms with Crippen molar-refractivity contribution in [2.24, 2.45) is 0 Å². The number of benzene rings is 2. The summed E-state index contributed by atoms with van der Waals surface area (Å²) in [5.41, 5.74) is 1.66. The van der Waals surface area contributed by atoms with Crippen LogP contribution >= 0.6 is 0 Å². The molecule has 3 aromatic rings. The number of rotatable bonds is 10. The number of amides is 1. The van der Waals surface area contributed by atoms with Gasteiger partial charge >= 0.3 is 0 Å². The summed E-state index contributed by atoms with van der Waals surface area (Å²) in [5, 5.41) is 8.87. The Morgan fingerprint density at radius 2 is 1.76 bits per heavy atom. The van der Waals surface area contributed by atoms with Crippen LogP contribution in [0.15, 0.2) is 65.6 Å². The molecule has 224 valence electrons. The molecule has 0 saturated carbocycles. The highest BCUT2D eigenvalue weighted by Gasteiger charge is 2.32. The minimum Gasteiger partial charge on any atom is -0.497 e. The molecule has 1 atom stereocenters. The van der Waals surface area contributed by atoms with Gasteiger partial charge in [-0.2, -0.15) is 4.31 Å². The Bertz CT molecular complexity index is 1450. The van der Waals surface area contributed by atoms with Crippen LogP contribution in [0.4, 0.5) is 5.82 Å². The van der Waals surface area contributed by atoms with Gasteiger partial charge in [0.05, 0.1) is 37.5 Å². The molecule has 2 aromatic carbocycles. The van der Waals surface area contributed by atoms with Crippen molar-refractivity contribution in [2.75, 3.05) is 65.0 Å². The van der Waals surface area contributed by atoms with Crippen LogP contribution in [-0.4, -0.2) is 99.9 Å². The van der Waals surface area contributed by atoms with Gasteiger partial charge in [0.25, 0.3) is 0 Å². The van der Waals surface area contributed by atoms with E-state index in [0.29, 0.717) is 38.5 Å². The maximum atomic E-state index is 13.6. The lowest BCUT2D eigenvalue weighted by molar-refractivity contribution is -0.131. The average molecular weight is 596 g/mol. The molecule has 0 radical (unpaired) electrons. The molecule has 2 fully saturated rings. The zero-order valence-corrected chi connectivity index (χ0v) is 24.8. The number of carbonyl (C=O) groups is 1. The predicted octanol–water partition coefficient (Wildman–Crippen LogP) is 3.07. The summed E-state index contributed by atoms with van der Waals surface area (Å²) >= 11 is 0. The van der Waals surface area contributed by atoms with Gasteiger partial charge in [0.1, 0.15) is 11.5 Å². The summed E-state index contributed by atoms with van der Waals surface area (Å²) in [6, 6.07) is 17.7.